The van der Waals surface area contributed by atoms with E-state index in [-0.39, 0.29) is 17.7 Å². The van der Waals surface area contributed by atoms with Crippen LogP contribution in [0.15, 0.2) is 29.8 Å². The van der Waals surface area contributed by atoms with Crippen LogP contribution in [0.3, 0.4) is 0 Å². The second-order valence-electron chi connectivity index (χ2n) is 4.22. The first-order valence-corrected chi connectivity index (χ1v) is 6.23. The van der Waals surface area contributed by atoms with Crippen molar-refractivity contribution in [3.05, 3.63) is 40.9 Å². The summed E-state index contributed by atoms with van der Waals surface area (Å²) in [4.78, 5) is 22.5. The molecule has 1 aromatic carbocycles. The number of fused-ring (bicyclic) bond motifs is 1. The van der Waals surface area contributed by atoms with Gasteiger partial charge in [-0.25, -0.2) is 4.79 Å². The van der Waals surface area contributed by atoms with Gasteiger partial charge in [0.1, 0.15) is 5.75 Å². The number of para-hydroxylation sites is 1. The van der Waals surface area contributed by atoms with Crippen molar-refractivity contribution in [2.24, 2.45) is 0 Å². The molecule has 0 saturated carbocycles. The Morgan fingerprint density at radius 3 is 2.90 bits per heavy atom. The van der Waals surface area contributed by atoms with Gasteiger partial charge in [-0.05, 0) is 18.1 Å². The first kappa shape index (κ1) is 14.4. The van der Waals surface area contributed by atoms with Gasteiger partial charge in [0.25, 0.3) is 0 Å². The van der Waals surface area contributed by atoms with Crippen molar-refractivity contribution in [3.8, 4) is 5.75 Å². The number of hydrogen-bond donors (Lipinski definition) is 3. The van der Waals surface area contributed by atoms with E-state index in [0.29, 0.717) is 5.56 Å². The van der Waals surface area contributed by atoms with Gasteiger partial charge in [0, 0.05) is 11.6 Å². The maximum atomic E-state index is 11.4. The van der Waals surface area contributed by atoms with Gasteiger partial charge in [0.05, 0.1) is 11.5 Å². The van der Waals surface area contributed by atoms with Crippen molar-refractivity contribution in [2.45, 2.75) is 12.4 Å². The van der Waals surface area contributed by atoms with Crippen molar-refractivity contribution in [1.29, 1.82) is 0 Å². The van der Waals surface area contributed by atoms with Gasteiger partial charge in [0.2, 0.25) is 5.91 Å². The van der Waals surface area contributed by atoms with Crippen LogP contribution in [0.25, 0.3) is 0 Å². The number of carbonyl (C=O) groups is 2. The van der Waals surface area contributed by atoms with Crippen LogP contribution < -0.4 is 9.97 Å². The Labute approximate surface area is 120 Å². The van der Waals surface area contributed by atoms with Crippen molar-refractivity contribution >= 4 is 30.6 Å². The van der Waals surface area contributed by atoms with Crippen molar-refractivity contribution in [2.75, 3.05) is 0 Å². The van der Waals surface area contributed by atoms with E-state index in [4.69, 9.17) is 21.4 Å². The highest BCUT2D eigenvalue weighted by molar-refractivity contribution is 6.47. The van der Waals surface area contributed by atoms with Crippen LogP contribution >= 0.6 is 11.6 Å². The van der Waals surface area contributed by atoms with Crippen LogP contribution in [0.2, 0.25) is 0 Å². The third kappa shape index (κ3) is 2.94. The molecule has 6 nitrogen and oxygen atoms in total. The number of carbonyl (C=O) groups excluding carboxylic acids is 1. The lowest BCUT2D eigenvalue weighted by Gasteiger charge is -2.28. The monoisotopic (exact) mass is 295 g/mol. The Kier molecular flexibility index (Phi) is 4.31. The molecule has 1 aromatic rings. The summed E-state index contributed by atoms with van der Waals surface area (Å²) in [7, 11) is -1.32. The molecule has 1 atom stereocenters. The summed E-state index contributed by atoms with van der Waals surface area (Å²) in [5.74, 6) is -2.15. The fourth-order valence-corrected chi connectivity index (χ4v) is 2.12. The van der Waals surface area contributed by atoms with Crippen LogP contribution in [0, 0.1) is 0 Å². The number of nitrogens with one attached hydrogen (secondary N) is 1. The number of rotatable bonds is 3. The smallest absolute Gasteiger partial charge is 0.534 e. The zero-order chi connectivity index (χ0) is 14.7. The topological polar surface area (TPSA) is 95.9 Å². The fourth-order valence-electron chi connectivity index (χ4n) is 2.00. The van der Waals surface area contributed by atoms with E-state index < -0.39 is 24.9 Å². The largest absolute Gasteiger partial charge is 0.547 e. The third-order valence-electron chi connectivity index (χ3n) is 2.89. The predicted octanol–water partition coefficient (Wildman–Crippen LogP) is 0.577. The van der Waals surface area contributed by atoms with Crippen molar-refractivity contribution < 1.29 is 24.4 Å². The Balaban J connectivity index is 2.24. The van der Waals surface area contributed by atoms with E-state index in [2.05, 4.69) is 5.32 Å². The molecule has 2 rings (SSSR count). The maximum Gasteiger partial charge on any atom is 0.547 e. The molecule has 20 heavy (non-hydrogen) atoms. The van der Waals surface area contributed by atoms with Crippen LogP contribution in [0.1, 0.15) is 15.9 Å². The zero-order valence-electron chi connectivity index (χ0n) is 10.2. The first-order valence-electron chi connectivity index (χ1n) is 5.80. The quantitative estimate of drug-likeness (QED) is 0.560. The maximum absolute atomic E-state index is 11.4. The standard InChI is InChI=1S/C12H11BClNO5/c14-5-4-10(16)15-9-6-7-2-1-3-8(12(17)18)11(7)20-13(9)19/h1-5,9,19H,6H2,(H,15,16)(H,17,18)/b5-4+. The molecule has 0 spiro atoms. The second-order valence-corrected chi connectivity index (χ2v) is 4.47. The van der Waals surface area contributed by atoms with Crippen LogP contribution in [-0.2, 0) is 11.2 Å². The minimum atomic E-state index is -1.32. The van der Waals surface area contributed by atoms with E-state index in [1.807, 2.05) is 0 Å². The molecule has 3 N–H and O–H groups in total. The lowest BCUT2D eigenvalue weighted by Crippen LogP contribution is -2.52. The van der Waals surface area contributed by atoms with E-state index in [0.717, 1.165) is 11.6 Å². The molecule has 1 heterocycles. The summed E-state index contributed by atoms with van der Waals surface area (Å²) in [5.41, 5.74) is 1.64. The number of carboxylic acid groups (broad SMARTS) is 1. The normalized spacial score (nSPS) is 17.5. The van der Waals surface area contributed by atoms with Gasteiger partial charge in [-0.3, -0.25) is 4.79 Å². The average Bonchev–Trinajstić information content (AvgIpc) is 2.39. The average molecular weight is 295 g/mol. The number of aromatic carboxylic acids is 1. The lowest BCUT2D eigenvalue weighted by atomic mass is 9.72. The lowest BCUT2D eigenvalue weighted by molar-refractivity contribution is -0.116. The number of benzene rings is 1. The van der Waals surface area contributed by atoms with Gasteiger partial charge in [-0.1, -0.05) is 23.7 Å². The molecule has 1 aliphatic rings. The number of carboxylic acids is 1. The molecule has 104 valence electrons. The Morgan fingerprint density at radius 1 is 1.50 bits per heavy atom. The van der Waals surface area contributed by atoms with Crippen molar-refractivity contribution in [3.63, 3.8) is 0 Å². The Bertz CT molecular complexity index is 577. The van der Waals surface area contributed by atoms with Gasteiger partial charge in [-0.15, -0.1) is 0 Å². The van der Waals surface area contributed by atoms with E-state index >= 15 is 0 Å². The van der Waals surface area contributed by atoms with Gasteiger partial charge >= 0.3 is 13.1 Å². The van der Waals surface area contributed by atoms with Crippen molar-refractivity contribution in [1.82, 2.24) is 5.32 Å². The molecule has 1 amide bonds. The third-order valence-corrected chi connectivity index (χ3v) is 3.02. The number of halogens is 1. The predicted molar refractivity (Wildman–Crippen MR) is 72.6 cm³/mol. The Morgan fingerprint density at radius 2 is 2.25 bits per heavy atom. The summed E-state index contributed by atoms with van der Waals surface area (Å²) in [6, 6.07) is 4.66. The summed E-state index contributed by atoms with van der Waals surface area (Å²) < 4.78 is 5.22. The van der Waals surface area contributed by atoms with Crippen LogP contribution in [0.5, 0.6) is 5.75 Å². The highest BCUT2D eigenvalue weighted by atomic mass is 35.5. The molecular formula is C12H11BClNO5. The molecule has 0 bridgehead atoms. The molecular weight excluding hydrogens is 284 g/mol. The van der Waals surface area contributed by atoms with Crippen LogP contribution in [0.4, 0.5) is 0 Å². The summed E-state index contributed by atoms with van der Waals surface area (Å²) in [5, 5.41) is 21.4. The molecule has 0 saturated heterocycles. The molecule has 1 aliphatic heterocycles. The molecule has 0 aliphatic carbocycles. The minimum Gasteiger partial charge on any atom is -0.534 e. The van der Waals surface area contributed by atoms with Gasteiger partial charge in [0.15, 0.2) is 0 Å². The molecule has 0 aromatic heterocycles. The second kappa shape index (κ2) is 5.98. The molecule has 0 fully saturated rings. The van der Waals surface area contributed by atoms with Gasteiger partial charge < -0.3 is 20.1 Å². The summed E-state index contributed by atoms with van der Waals surface area (Å²) in [6.45, 7) is 0. The summed E-state index contributed by atoms with van der Waals surface area (Å²) in [6.07, 6.45) is 1.37. The number of hydrogen-bond acceptors (Lipinski definition) is 4. The van der Waals surface area contributed by atoms with E-state index in [1.165, 1.54) is 6.07 Å². The fraction of sp³-hybridized carbons (Fsp3) is 0.167. The SMILES string of the molecule is O=C(/C=C/Cl)NC1Cc2cccc(C(=O)O)c2OB1O. The minimum absolute atomic E-state index is 0.0213. The molecule has 1 unspecified atom stereocenters. The molecule has 8 heteroatoms. The molecule has 0 radical (unpaired) electrons. The first-order chi connectivity index (χ1) is 9.52. The van der Waals surface area contributed by atoms with Gasteiger partial charge in [-0.2, -0.15) is 0 Å². The van der Waals surface area contributed by atoms with E-state index in [9.17, 15) is 14.6 Å². The Hall–Kier alpha value is -1.99. The number of amides is 1. The van der Waals surface area contributed by atoms with E-state index in [1.54, 1.807) is 12.1 Å². The summed E-state index contributed by atoms with van der Waals surface area (Å²) >= 11 is 5.29. The highest BCUT2D eigenvalue weighted by Crippen LogP contribution is 2.30. The highest BCUT2D eigenvalue weighted by Gasteiger charge is 2.37. The zero-order valence-corrected chi connectivity index (χ0v) is 11.0. The van der Waals surface area contributed by atoms with Crippen LogP contribution in [-0.4, -0.2) is 35.1 Å².